The number of unbranched alkanes of at least 4 members (excludes halogenated alkanes) is 4. The van der Waals surface area contributed by atoms with Crippen LogP contribution in [0.5, 0.6) is 0 Å². The third kappa shape index (κ3) is 8.85. The Hall–Kier alpha value is -0.930. The van der Waals surface area contributed by atoms with Crippen LogP contribution in [0.25, 0.3) is 0 Å². The molecule has 2 saturated heterocycles. The Labute approximate surface area is 205 Å². The van der Waals surface area contributed by atoms with Gasteiger partial charge in [0.05, 0.1) is 6.61 Å². The van der Waals surface area contributed by atoms with E-state index in [0.29, 0.717) is 12.3 Å². The summed E-state index contributed by atoms with van der Waals surface area (Å²) in [5, 5.41) is 69.8. The number of rotatable bonds is 13. The van der Waals surface area contributed by atoms with Crippen LogP contribution in [0.15, 0.2) is 0 Å². The number of aliphatic hydroxyl groups excluding tert-OH is 7. The lowest BCUT2D eigenvalue weighted by atomic mass is 9.98. The summed E-state index contributed by atoms with van der Waals surface area (Å²) in [6.45, 7) is 3.28. The molecule has 10 atom stereocenters. The van der Waals surface area contributed by atoms with Gasteiger partial charge in [-0.15, -0.1) is 0 Å². The van der Waals surface area contributed by atoms with E-state index in [1.807, 2.05) is 0 Å². The molecule has 0 aromatic carbocycles. The Balaban J connectivity index is 1.80. The summed E-state index contributed by atoms with van der Waals surface area (Å²) in [6, 6.07) is 0. The maximum atomic E-state index is 12.1. The molecule has 0 aromatic heterocycles. The zero-order chi connectivity index (χ0) is 26.1. The molecule has 206 valence electrons. The molecule has 2 aliphatic heterocycles. The molecule has 7 N–H and O–H groups in total. The normalized spacial score (nSPS) is 38.0. The van der Waals surface area contributed by atoms with Gasteiger partial charge < -0.3 is 54.7 Å². The second kappa shape index (κ2) is 14.7. The van der Waals surface area contributed by atoms with Crippen LogP contribution >= 0.6 is 0 Å². The smallest absolute Gasteiger partial charge is 0.305 e. The first-order chi connectivity index (χ1) is 16.6. The SMILES string of the molecule is CC(C)CCCCCCCC(=O)OC[C@@H]1O[C@H](O[C@H]2O[C@@H](CO)[C@H](O)[C@@H](O)[C@@H]2O)[C@@H](O)[C@H](O)[C@H]1O. The number of carbonyl (C=O) groups is 1. The number of esters is 1. The minimum atomic E-state index is -1.76. The van der Waals surface area contributed by atoms with Crippen LogP contribution in [0.3, 0.4) is 0 Å². The van der Waals surface area contributed by atoms with Gasteiger partial charge in [-0.25, -0.2) is 0 Å². The standard InChI is InChI=1S/C23H42O12/c1-12(2)8-6-4-3-5-7-9-15(25)32-11-14-17(27)19(29)21(31)23(34-14)35-22-20(30)18(28)16(26)13(10-24)33-22/h12-14,16-24,26-31H,3-11H2,1-2H3/t13-,14-,16-,17-,18+,19+,20-,21-,22+,23+/m0/s1. The number of carbonyl (C=O) groups excluding carboxylic acids is 1. The molecular formula is C23H42O12. The van der Waals surface area contributed by atoms with Crippen LogP contribution in [0.4, 0.5) is 0 Å². The largest absolute Gasteiger partial charge is 0.463 e. The molecule has 0 unspecified atom stereocenters. The summed E-state index contributed by atoms with van der Waals surface area (Å²) in [5.41, 5.74) is 0. The highest BCUT2D eigenvalue weighted by molar-refractivity contribution is 5.69. The number of hydrogen-bond donors (Lipinski definition) is 7. The molecule has 2 rings (SSSR count). The lowest BCUT2D eigenvalue weighted by molar-refractivity contribution is -0.376. The van der Waals surface area contributed by atoms with Crippen molar-refractivity contribution in [3.63, 3.8) is 0 Å². The zero-order valence-electron chi connectivity index (χ0n) is 20.4. The number of hydrogen-bond acceptors (Lipinski definition) is 12. The summed E-state index contributed by atoms with van der Waals surface area (Å²) in [5.74, 6) is 0.194. The van der Waals surface area contributed by atoms with E-state index >= 15 is 0 Å². The lowest BCUT2D eigenvalue weighted by Gasteiger charge is -2.44. The van der Waals surface area contributed by atoms with Gasteiger partial charge in [-0.05, 0) is 12.3 Å². The third-order valence-electron chi connectivity index (χ3n) is 6.36. The Morgan fingerprint density at radius 2 is 1.26 bits per heavy atom. The monoisotopic (exact) mass is 510 g/mol. The van der Waals surface area contributed by atoms with E-state index in [1.54, 1.807) is 0 Å². The van der Waals surface area contributed by atoms with Crippen molar-refractivity contribution in [3.05, 3.63) is 0 Å². The minimum Gasteiger partial charge on any atom is -0.463 e. The highest BCUT2D eigenvalue weighted by atomic mass is 16.8. The molecular weight excluding hydrogens is 468 g/mol. The molecule has 2 fully saturated rings. The van der Waals surface area contributed by atoms with Crippen molar-refractivity contribution in [1.82, 2.24) is 0 Å². The molecule has 0 radical (unpaired) electrons. The molecule has 0 saturated carbocycles. The summed E-state index contributed by atoms with van der Waals surface area (Å²) in [4.78, 5) is 12.1. The summed E-state index contributed by atoms with van der Waals surface area (Å²) >= 11 is 0. The van der Waals surface area contributed by atoms with Gasteiger partial charge >= 0.3 is 5.97 Å². The van der Waals surface area contributed by atoms with Gasteiger partial charge in [-0.1, -0.05) is 46.0 Å². The van der Waals surface area contributed by atoms with E-state index in [9.17, 15) is 40.5 Å². The van der Waals surface area contributed by atoms with Crippen molar-refractivity contribution in [2.45, 2.75) is 120 Å². The number of aliphatic hydroxyl groups is 7. The van der Waals surface area contributed by atoms with E-state index in [-0.39, 0.29) is 6.42 Å². The van der Waals surface area contributed by atoms with Crippen LogP contribution in [-0.4, -0.2) is 116 Å². The van der Waals surface area contributed by atoms with Crippen LogP contribution in [0, 0.1) is 5.92 Å². The van der Waals surface area contributed by atoms with E-state index in [0.717, 1.165) is 19.3 Å². The molecule has 0 spiro atoms. The molecule has 2 aliphatic rings. The highest BCUT2D eigenvalue weighted by Gasteiger charge is 2.49. The second-order valence-electron chi connectivity index (χ2n) is 9.73. The van der Waals surface area contributed by atoms with E-state index in [1.165, 1.54) is 12.8 Å². The van der Waals surface area contributed by atoms with Gasteiger partial charge in [0.2, 0.25) is 0 Å². The Morgan fingerprint density at radius 3 is 1.83 bits per heavy atom. The van der Waals surface area contributed by atoms with Gasteiger partial charge in [-0.2, -0.15) is 0 Å². The van der Waals surface area contributed by atoms with Crippen LogP contribution in [-0.2, 0) is 23.7 Å². The lowest BCUT2D eigenvalue weighted by Crippen LogP contribution is -2.63. The predicted octanol–water partition coefficient (Wildman–Crippen LogP) is -1.46. The minimum absolute atomic E-state index is 0.197. The maximum Gasteiger partial charge on any atom is 0.305 e. The molecule has 0 aromatic rings. The van der Waals surface area contributed by atoms with Gasteiger partial charge in [-0.3, -0.25) is 4.79 Å². The fourth-order valence-electron chi connectivity index (χ4n) is 4.08. The van der Waals surface area contributed by atoms with Crippen molar-refractivity contribution < 1.29 is 59.5 Å². The van der Waals surface area contributed by atoms with Crippen LogP contribution in [0.1, 0.15) is 58.8 Å². The van der Waals surface area contributed by atoms with Crippen LogP contribution in [0.2, 0.25) is 0 Å². The summed E-state index contributed by atoms with van der Waals surface area (Å²) in [6.07, 6.45) is -9.65. The van der Waals surface area contributed by atoms with E-state index < -0.39 is 80.6 Å². The molecule has 12 heteroatoms. The fourth-order valence-corrected chi connectivity index (χ4v) is 4.08. The Bertz CT molecular complexity index is 617. The fraction of sp³-hybridized carbons (Fsp3) is 0.957. The van der Waals surface area contributed by atoms with E-state index in [4.69, 9.17) is 18.9 Å². The summed E-state index contributed by atoms with van der Waals surface area (Å²) in [7, 11) is 0. The molecule has 2 heterocycles. The first-order valence-electron chi connectivity index (χ1n) is 12.4. The van der Waals surface area contributed by atoms with Crippen molar-refractivity contribution >= 4 is 5.97 Å². The van der Waals surface area contributed by atoms with Crippen LogP contribution < -0.4 is 0 Å². The highest BCUT2D eigenvalue weighted by Crippen LogP contribution is 2.28. The topological polar surface area (TPSA) is 196 Å². The summed E-state index contributed by atoms with van der Waals surface area (Å²) < 4.78 is 21.2. The van der Waals surface area contributed by atoms with Gasteiger partial charge in [0.25, 0.3) is 0 Å². The molecule has 35 heavy (non-hydrogen) atoms. The van der Waals surface area contributed by atoms with Gasteiger partial charge in [0.1, 0.15) is 55.4 Å². The molecule has 0 aliphatic carbocycles. The quantitative estimate of drug-likeness (QED) is 0.113. The average Bonchev–Trinajstić information content (AvgIpc) is 2.82. The van der Waals surface area contributed by atoms with Crippen molar-refractivity contribution in [3.8, 4) is 0 Å². The molecule has 0 bridgehead atoms. The van der Waals surface area contributed by atoms with Gasteiger partial charge in [0.15, 0.2) is 12.6 Å². The Kier molecular flexibility index (Phi) is 12.7. The number of ether oxygens (including phenoxy) is 4. The zero-order valence-corrected chi connectivity index (χ0v) is 20.4. The second-order valence-corrected chi connectivity index (χ2v) is 9.73. The average molecular weight is 511 g/mol. The maximum absolute atomic E-state index is 12.1. The predicted molar refractivity (Wildman–Crippen MR) is 120 cm³/mol. The Morgan fingerprint density at radius 1 is 0.743 bits per heavy atom. The molecule has 0 amide bonds. The first-order valence-corrected chi connectivity index (χ1v) is 12.4. The first kappa shape index (κ1) is 30.3. The third-order valence-corrected chi connectivity index (χ3v) is 6.36. The van der Waals surface area contributed by atoms with E-state index in [2.05, 4.69) is 13.8 Å². The van der Waals surface area contributed by atoms with Crippen molar-refractivity contribution in [2.75, 3.05) is 13.2 Å². The van der Waals surface area contributed by atoms with Crippen molar-refractivity contribution in [1.29, 1.82) is 0 Å². The molecule has 12 nitrogen and oxygen atoms in total. The van der Waals surface area contributed by atoms with Gasteiger partial charge in [0, 0.05) is 6.42 Å². The van der Waals surface area contributed by atoms with Crippen molar-refractivity contribution in [2.24, 2.45) is 5.92 Å².